The minimum Gasteiger partial charge on any atom is -0.378 e. The van der Waals surface area contributed by atoms with Crippen LogP contribution in [0.25, 0.3) is 0 Å². The molecule has 0 saturated heterocycles. The van der Waals surface area contributed by atoms with Gasteiger partial charge in [0.05, 0.1) is 0 Å². The smallest absolute Gasteiger partial charge is 0.141 e. The van der Waals surface area contributed by atoms with Crippen molar-refractivity contribution in [2.24, 2.45) is 5.84 Å². The Morgan fingerprint density at radius 2 is 2.06 bits per heavy atom. The second-order valence-corrected chi connectivity index (χ2v) is 4.37. The minimum atomic E-state index is 0.103. The number of benzene rings is 1. The molecule has 0 amide bonds. The first-order valence-electron chi connectivity index (χ1n) is 5.64. The molecule has 1 unspecified atom stereocenters. The van der Waals surface area contributed by atoms with E-state index >= 15 is 0 Å². The maximum atomic E-state index is 6.16. The minimum absolute atomic E-state index is 0.103. The second-order valence-electron chi connectivity index (χ2n) is 3.96. The molecule has 1 aromatic heterocycles. The average Bonchev–Trinajstić information content (AvgIpc) is 2.39. The number of halogens is 1. The lowest BCUT2D eigenvalue weighted by Gasteiger charge is -2.17. The first kappa shape index (κ1) is 12.7. The van der Waals surface area contributed by atoms with Crippen molar-refractivity contribution in [2.75, 3.05) is 10.7 Å². The molecule has 5 heteroatoms. The highest BCUT2D eigenvalue weighted by Crippen LogP contribution is 2.25. The van der Waals surface area contributed by atoms with E-state index in [4.69, 9.17) is 17.4 Å². The molecular formula is C13H15ClN4. The zero-order chi connectivity index (χ0) is 13.0. The highest BCUT2D eigenvalue weighted by molar-refractivity contribution is 6.31. The van der Waals surface area contributed by atoms with E-state index in [1.165, 1.54) is 0 Å². The zero-order valence-electron chi connectivity index (χ0n) is 10.0. The van der Waals surface area contributed by atoms with Crippen LogP contribution in [0.5, 0.6) is 0 Å². The Kier molecular flexibility index (Phi) is 4.02. The summed E-state index contributed by atoms with van der Waals surface area (Å²) in [6.45, 7) is 2.05. The number of nitrogens with one attached hydrogen (secondary N) is 2. The summed E-state index contributed by atoms with van der Waals surface area (Å²) >= 11 is 6.16. The Balaban J connectivity index is 2.16. The summed E-state index contributed by atoms with van der Waals surface area (Å²) in [5, 5.41) is 4.11. The normalized spacial score (nSPS) is 11.9. The van der Waals surface area contributed by atoms with E-state index in [0.29, 0.717) is 5.82 Å². The maximum absolute atomic E-state index is 6.16. The number of aromatic nitrogens is 1. The van der Waals surface area contributed by atoms with E-state index in [9.17, 15) is 0 Å². The van der Waals surface area contributed by atoms with Crippen molar-refractivity contribution in [3.63, 3.8) is 0 Å². The van der Waals surface area contributed by atoms with Gasteiger partial charge in [-0.05, 0) is 24.6 Å². The van der Waals surface area contributed by atoms with Gasteiger partial charge in [-0.2, -0.15) is 0 Å². The highest BCUT2D eigenvalue weighted by atomic mass is 35.5. The van der Waals surface area contributed by atoms with E-state index in [0.717, 1.165) is 16.3 Å². The Labute approximate surface area is 111 Å². The zero-order valence-corrected chi connectivity index (χ0v) is 10.8. The van der Waals surface area contributed by atoms with Crippen molar-refractivity contribution in [3.05, 3.63) is 53.2 Å². The maximum Gasteiger partial charge on any atom is 0.141 e. The van der Waals surface area contributed by atoms with Gasteiger partial charge in [-0.3, -0.25) is 0 Å². The Bertz CT molecular complexity index is 530. The Hall–Kier alpha value is -1.78. The average molecular weight is 263 g/mol. The molecule has 4 nitrogen and oxygen atoms in total. The lowest BCUT2D eigenvalue weighted by molar-refractivity contribution is 0.884. The molecule has 94 valence electrons. The van der Waals surface area contributed by atoms with Crippen LogP contribution in [0.1, 0.15) is 18.5 Å². The van der Waals surface area contributed by atoms with Crippen LogP contribution >= 0.6 is 11.6 Å². The van der Waals surface area contributed by atoms with Gasteiger partial charge in [-0.1, -0.05) is 29.8 Å². The van der Waals surface area contributed by atoms with Crippen LogP contribution in [0.15, 0.2) is 42.6 Å². The summed E-state index contributed by atoms with van der Waals surface area (Å²) in [7, 11) is 0. The monoisotopic (exact) mass is 262 g/mol. The van der Waals surface area contributed by atoms with Gasteiger partial charge in [-0.25, -0.2) is 10.8 Å². The number of nitrogen functional groups attached to an aromatic ring is 1. The fraction of sp³-hybridized carbons (Fsp3) is 0.154. The summed E-state index contributed by atoms with van der Waals surface area (Å²) in [4.78, 5) is 4.05. The Morgan fingerprint density at radius 1 is 1.28 bits per heavy atom. The third kappa shape index (κ3) is 2.91. The molecule has 1 atom stereocenters. The molecule has 18 heavy (non-hydrogen) atoms. The predicted octanol–water partition coefficient (Wildman–Crippen LogP) is 3.19. The van der Waals surface area contributed by atoms with E-state index < -0.39 is 0 Å². The van der Waals surface area contributed by atoms with Crippen molar-refractivity contribution in [2.45, 2.75) is 13.0 Å². The molecular weight excluding hydrogens is 248 g/mol. The first-order valence-corrected chi connectivity index (χ1v) is 6.02. The summed E-state index contributed by atoms with van der Waals surface area (Å²) in [6, 6.07) is 11.6. The van der Waals surface area contributed by atoms with Gasteiger partial charge in [0.1, 0.15) is 5.82 Å². The number of hydrogen-bond donors (Lipinski definition) is 3. The Morgan fingerprint density at radius 3 is 2.78 bits per heavy atom. The molecule has 0 spiro atoms. The van der Waals surface area contributed by atoms with Gasteiger partial charge in [0.15, 0.2) is 0 Å². The second kappa shape index (κ2) is 5.71. The third-order valence-corrected chi connectivity index (χ3v) is 3.01. The summed E-state index contributed by atoms with van der Waals surface area (Å²) in [5.41, 5.74) is 4.50. The van der Waals surface area contributed by atoms with Gasteiger partial charge >= 0.3 is 0 Å². The topological polar surface area (TPSA) is 63.0 Å². The fourth-order valence-electron chi connectivity index (χ4n) is 1.75. The number of nitrogens with zero attached hydrogens (tertiary/aromatic N) is 1. The number of pyridine rings is 1. The fourth-order valence-corrected chi connectivity index (χ4v) is 2.05. The molecule has 0 bridgehead atoms. The number of anilines is 2. The van der Waals surface area contributed by atoms with E-state index in [1.807, 2.05) is 36.4 Å². The quantitative estimate of drug-likeness (QED) is 0.585. The van der Waals surface area contributed by atoms with Crippen LogP contribution in [-0.4, -0.2) is 4.98 Å². The van der Waals surface area contributed by atoms with Crippen molar-refractivity contribution < 1.29 is 0 Å². The van der Waals surface area contributed by atoms with Gasteiger partial charge in [0.25, 0.3) is 0 Å². The van der Waals surface area contributed by atoms with Gasteiger partial charge in [0, 0.05) is 29.0 Å². The molecule has 0 aliphatic carbocycles. The van der Waals surface area contributed by atoms with Crippen LogP contribution in [0.2, 0.25) is 5.02 Å². The number of hydrazine groups is 1. The molecule has 2 aromatic rings. The highest BCUT2D eigenvalue weighted by Gasteiger charge is 2.08. The van der Waals surface area contributed by atoms with Crippen LogP contribution in [-0.2, 0) is 0 Å². The lowest BCUT2D eigenvalue weighted by atomic mass is 10.1. The number of nitrogens with two attached hydrogens (primary N) is 1. The van der Waals surface area contributed by atoms with Gasteiger partial charge in [0.2, 0.25) is 0 Å². The van der Waals surface area contributed by atoms with E-state index in [1.54, 1.807) is 6.20 Å². The van der Waals surface area contributed by atoms with Gasteiger partial charge in [-0.15, -0.1) is 0 Å². The molecule has 4 N–H and O–H groups in total. The lowest BCUT2D eigenvalue weighted by Crippen LogP contribution is -2.10. The standard InChI is InChI=1S/C13H15ClN4/c1-9(11-4-2-3-5-12(11)14)17-10-6-7-16-13(8-10)18-15/h2-9H,15H2,1H3,(H2,16,17,18). The molecule has 0 fully saturated rings. The molecule has 0 saturated carbocycles. The van der Waals surface area contributed by atoms with Crippen molar-refractivity contribution in [3.8, 4) is 0 Å². The largest absolute Gasteiger partial charge is 0.378 e. The summed E-state index contributed by atoms with van der Waals surface area (Å²) in [6.07, 6.45) is 1.69. The summed E-state index contributed by atoms with van der Waals surface area (Å²) in [5.74, 6) is 5.94. The van der Waals surface area contributed by atoms with E-state index in [-0.39, 0.29) is 6.04 Å². The molecule has 1 heterocycles. The number of rotatable bonds is 4. The first-order chi connectivity index (χ1) is 8.70. The predicted molar refractivity (Wildman–Crippen MR) is 75.5 cm³/mol. The summed E-state index contributed by atoms with van der Waals surface area (Å²) < 4.78 is 0. The molecule has 2 rings (SSSR count). The molecule has 0 radical (unpaired) electrons. The van der Waals surface area contributed by atoms with Crippen molar-refractivity contribution in [1.29, 1.82) is 0 Å². The van der Waals surface area contributed by atoms with Crippen molar-refractivity contribution >= 4 is 23.1 Å². The van der Waals surface area contributed by atoms with Crippen LogP contribution in [0.3, 0.4) is 0 Å². The number of hydrogen-bond acceptors (Lipinski definition) is 4. The van der Waals surface area contributed by atoms with Gasteiger partial charge < -0.3 is 10.7 Å². The van der Waals surface area contributed by atoms with E-state index in [2.05, 4.69) is 22.7 Å². The third-order valence-electron chi connectivity index (χ3n) is 2.66. The van der Waals surface area contributed by atoms with Crippen molar-refractivity contribution in [1.82, 2.24) is 4.98 Å². The molecule has 0 aliphatic heterocycles. The van der Waals surface area contributed by atoms with Crippen LogP contribution in [0.4, 0.5) is 11.5 Å². The van der Waals surface area contributed by atoms with Crippen LogP contribution in [0, 0.1) is 0 Å². The molecule has 1 aromatic carbocycles. The molecule has 0 aliphatic rings. The van der Waals surface area contributed by atoms with Crippen LogP contribution < -0.4 is 16.6 Å². The SMILES string of the molecule is CC(Nc1ccnc(NN)c1)c1ccccc1Cl.